The third-order valence-electron chi connectivity index (χ3n) is 7.97. The van der Waals surface area contributed by atoms with Crippen LogP contribution in [0.4, 0.5) is 0 Å². The van der Waals surface area contributed by atoms with E-state index >= 15 is 0 Å². The molecule has 0 bridgehead atoms. The number of amides is 2. The molecule has 1 saturated carbocycles. The highest BCUT2D eigenvalue weighted by Crippen LogP contribution is 2.54. The van der Waals surface area contributed by atoms with E-state index in [-0.39, 0.29) is 31.1 Å². The summed E-state index contributed by atoms with van der Waals surface area (Å²) in [6.07, 6.45) is 12.4. The van der Waals surface area contributed by atoms with Crippen molar-refractivity contribution in [1.29, 1.82) is 0 Å². The van der Waals surface area contributed by atoms with Gasteiger partial charge in [-0.3, -0.25) is 14.4 Å². The lowest BCUT2D eigenvalue weighted by atomic mass is 9.78. The van der Waals surface area contributed by atoms with Gasteiger partial charge in [0.2, 0.25) is 11.8 Å². The molecule has 2 saturated heterocycles. The second-order valence-corrected chi connectivity index (χ2v) is 9.58. The average Bonchev–Trinajstić information content (AvgIpc) is 3.10. The molecule has 8 nitrogen and oxygen atoms in total. The van der Waals surface area contributed by atoms with E-state index in [9.17, 15) is 19.5 Å². The van der Waals surface area contributed by atoms with Crippen molar-refractivity contribution in [2.24, 2.45) is 11.8 Å². The van der Waals surface area contributed by atoms with Crippen molar-refractivity contribution in [1.82, 2.24) is 9.80 Å². The van der Waals surface area contributed by atoms with Gasteiger partial charge in [-0.05, 0) is 25.3 Å². The Morgan fingerprint density at radius 2 is 1.94 bits per heavy atom. The van der Waals surface area contributed by atoms with Gasteiger partial charge in [-0.2, -0.15) is 0 Å². The van der Waals surface area contributed by atoms with Crippen molar-refractivity contribution < 1.29 is 29.0 Å². The van der Waals surface area contributed by atoms with Crippen LogP contribution in [0, 0.1) is 11.8 Å². The topological polar surface area (TPSA) is 96.4 Å². The van der Waals surface area contributed by atoms with Gasteiger partial charge >= 0.3 is 5.97 Å². The number of cyclic esters (lactones) is 1. The SMILES string of the molecule is CC[C@@H](CO)N1C(=O)[C@@H]2[C@@H]3C(=O)OCC=C[C@@H]3O[C@@]23C=CCN(C2CCCCC2)C(=O)C13. The van der Waals surface area contributed by atoms with Crippen molar-refractivity contribution in [2.45, 2.75) is 75.3 Å². The molecule has 0 aromatic carbocycles. The summed E-state index contributed by atoms with van der Waals surface area (Å²) >= 11 is 0. The molecule has 0 aromatic rings. The normalized spacial score (nSPS) is 38.1. The Labute approximate surface area is 188 Å². The van der Waals surface area contributed by atoms with Gasteiger partial charge in [0.25, 0.3) is 0 Å². The molecule has 5 rings (SSSR count). The Kier molecular flexibility index (Phi) is 5.61. The Hall–Kier alpha value is -2.19. The van der Waals surface area contributed by atoms with Crippen LogP contribution in [0.25, 0.3) is 0 Å². The van der Waals surface area contributed by atoms with Crippen LogP contribution in [-0.2, 0) is 23.9 Å². The van der Waals surface area contributed by atoms with Crippen molar-refractivity contribution in [3.63, 3.8) is 0 Å². The van der Waals surface area contributed by atoms with Crippen LogP contribution in [0.1, 0.15) is 45.4 Å². The van der Waals surface area contributed by atoms with E-state index in [1.165, 1.54) is 11.3 Å². The number of rotatable bonds is 4. The number of likely N-dealkylation sites (tertiary alicyclic amines) is 1. The number of fused-ring (bicyclic) bond motifs is 2. The molecule has 6 atom stereocenters. The van der Waals surface area contributed by atoms with E-state index in [4.69, 9.17) is 9.47 Å². The van der Waals surface area contributed by atoms with E-state index in [1.807, 2.05) is 24.0 Å². The molecule has 32 heavy (non-hydrogen) atoms. The molecule has 5 aliphatic rings. The first-order valence-corrected chi connectivity index (χ1v) is 12.0. The van der Waals surface area contributed by atoms with E-state index in [0.717, 1.165) is 25.7 Å². The lowest BCUT2D eigenvalue weighted by Gasteiger charge is -2.41. The Bertz CT molecular complexity index is 845. The van der Waals surface area contributed by atoms with Gasteiger partial charge in [-0.1, -0.05) is 44.4 Å². The zero-order valence-corrected chi connectivity index (χ0v) is 18.5. The fourth-order valence-corrected chi connectivity index (χ4v) is 6.45. The number of hydrogen-bond donors (Lipinski definition) is 1. The molecule has 174 valence electrons. The molecule has 1 spiro atoms. The first-order chi connectivity index (χ1) is 15.5. The van der Waals surface area contributed by atoms with Crippen LogP contribution < -0.4 is 0 Å². The van der Waals surface area contributed by atoms with Gasteiger partial charge in [0.15, 0.2) is 0 Å². The highest BCUT2D eigenvalue weighted by Gasteiger charge is 2.72. The molecule has 1 aliphatic carbocycles. The first kappa shape index (κ1) is 21.6. The maximum Gasteiger partial charge on any atom is 0.313 e. The summed E-state index contributed by atoms with van der Waals surface area (Å²) in [7, 11) is 0. The Morgan fingerprint density at radius 1 is 1.16 bits per heavy atom. The second-order valence-electron chi connectivity index (χ2n) is 9.58. The number of aliphatic hydroxyl groups excluding tert-OH is 1. The van der Waals surface area contributed by atoms with Gasteiger partial charge in [0.1, 0.15) is 24.2 Å². The third kappa shape index (κ3) is 3.06. The van der Waals surface area contributed by atoms with Crippen molar-refractivity contribution in [3.8, 4) is 0 Å². The van der Waals surface area contributed by atoms with Crippen LogP contribution in [0.15, 0.2) is 24.3 Å². The largest absolute Gasteiger partial charge is 0.461 e. The summed E-state index contributed by atoms with van der Waals surface area (Å²) in [5.41, 5.74) is -1.24. The van der Waals surface area contributed by atoms with Crippen LogP contribution in [0.2, 0.25) is 0 Å². The van der Waals surface area contributed by atoms with Gasteiger partial charge in [-0.25, -0.2) is 0 Å². The molecule has 1 unspecified atom stereocenters. The average molecular weight is 445 g/mol. The van der Waals surface area contributed by atoms with E-state index in [0.29, 0.717) is 13.0 Å². The summed E-state index contributed by atoms with van der Waals surface area (Å²) in [6.45, 7) is 2.25. The van der Waals surface area contributed by atoms with E-state index in [1.54, 1.807) is 12.2 Å². The monoisotopic (exact) mass is 444 g/mol. The Balaban J connectivity index is 1.60. The molecule has 0 radical (unpaired) electrons. The smallest absolute Gasteiger partial charge is 0.313 e. The van der Waals surface area contributed by atoms with Crippen LogP contribution in [0.3, 0.4) is 0 Å². The molecule has 3 fully saturated rings. The van der Waals surface area contributed by atoms with Gasteiger partial charge in [-0.15, -0.1) is 0 Å². The number of esters is 1. The lowest BCUT2D eigenvalue weighted by molar-refractivity contribution is -0.155. The first-order valence-electron chi connectivity index (χ1n) is 12.0. The summed E-state index contributed by atoms with van der Waals surface area (Å²) in [5, 5.41) is 10.1. The quantitative estimate of drug-likeness (QED) is 0.517. The fraction of sp³-hybridized carbons (Fsp3) is 0.708. The number of aliphatic hydroxyl groups is 1. The lowest BCUT2D eigenvalue weighted by Crippen LogP contribution is -2.59. The maximum atomic E-state index is 14.1. The van der Waals surface area contributed by atoms with Crippen molar-refractivity contribution in [2.75, 3.05) is 19.8 Å². The number of ether oxygens (including phenoxy) is 2. The molecule has 8 heteroatoms. The zero-order valence-electron chi connectivity index (χ0n) is 18.5. The number of carbonyl (C=O) groups is 3. The molecule has 2 amide bonds. The summed E-state index contributed by atoms with van der Waals surface area (Å²) < 4.78 is 11.8. The van der Waals surface area contributed by atoms with Crippen LogP contribution in [-0.4, -0.2) is 82.3 Å². The predicted octanol–water partition coefficient (Wildman–Crippen LogP) is 1.18. The molecular weight excluding hydrogens is 412 g/mol. The van der Waals surface area contributed by atoms with Crippen LogP contribution in [0.5, 0.6) is 0 Å². The molecule has 0 aromatic heterocycles. The molecule has 4 aliphatic heterocycles. The minimum absolute atomic E-state index is 0.137. The predicted molar refractivity (Wildman–Crippen MR) is 114 cm³/mol. The maximum absolute atomic E-state index is 14.1. The van der Waals surface area contributed by atoms with E-state index < -0.39 is 41.6 Å². The summed E-state index contributed by atoms with van der Waals surface area (Å²) in [5.74, 6) is -2.57. The zero-order chi connectivity index (χ0) is 22.5. The summed E-state index contributed by atoms with van der Waals surface area (Å²) in [4.78, 5) is 44.3. The number of nitrogens with zero attached hydrogens (tertiary/aromatic N) is 2. The van der Waals surface area contributed by atoms with Crippen molar-refractivity contribution in [3.05, 3.63) is 24.3 Å². The van der Waals surface area contributed by atoms with Gasteiger partial charge in [0, 0.05) is 12.6 Å². The van der Waals surface area contributed by atoms with E-state index in [2.05, 4.69) is 0 Å². The summed E-state index contributed by atoms with van der Waals surface area (Å²) in [6, 6.07) is -1.28. The molecule has 1 N–H and O–H groups in total. The van der Waals surface area contributed by atoms with Crippen molar-refractivity contribution >= 4 is 17.8 Å². The van der Waals surface area contributed by atoms with Gasteiger partial charge in [0.05, 0.1) is 24.7 Å². The highest BCUT2D eigenvalue weighted by atomic mass is 16.6. The minimum atomic E-state index is -1.24. The van der Waals surface area contributed by atoms with Gasteiger partial charge < -0.3 is 24.4 Å². The minimum Gasteiger partial charge on any atom is -0.461 e. The second kappa shape index (κ2) is 8.30. The number of carbonyl (C=O) groups excluding carboxylic acids is 3. The third-order valence-corrected chi connectivity index (χ3v) is 7.97. The molecular formula is C24H32N2O6. The fourth-order valence-electron chi connectivity index (χ4n) is 6.45. The standard InChI is InChI=1S/C24H32N2O6/c1-2-15(14-27)26-20-22(29)25(16-8-4-3-5-9-16)12-7-11-24(20)19(21(26)28)18-17(32-24)10-6-13-31-23(18)30/h6-7,10-11,15-20,27H,2-5,8-9,12-14H2,1H3/t15-,17-,18+,19-,20?,24-/m0/s1. The number of hydrogen-bond acceptors (Lipinski definition) is 6. The Morgan fingerprint density at radius 3 is 2.66 bits per heavy atom. The van der Waals surface area contributed by atoms with Crippen LogP contribution >= 0.6 is 0 Å². The highest BCUT2D eigenvalue weighted by molar-refractivity contribution is 5.99. The molecule has 4 heterocycles.